The largest absolute Gasteiger partial charge is 0.379 e. The van der Waals surface area contributed by atoms with Crippen molar-refractivity contribution in [3.05, 3.63) is 26.7 Å². The molecular formula is C14H17BrClNO. The second-order valence-corrected chi connectivity index (χ2v) is 6.81. The van der Waals surface area contributed by atoms with Gasteiger partial charge in [0.05, 0.1) is 5.02 Å². The molecule has 0 aliphatic carbocycles. The van der Waals surface area contributed by atoms with Crippen LogP contribution in [0.4, 0.5) is 5.69 Å². The van der Waals surface area contributed by atoms with Crippen LogP contribution in [-0.2, 0) is 4.79 Å². The molecule has 1 aliphatic heterocycles. The predicted octanol–water partition coefficient (Wildman–Crippen LogP) is 4.53. The van der Waals surface area contributed by atoms with Gasteiger partial charge in [-0.3, -0.25) is 0 Å². The summed E-state index contributed by atoms with van der Waals surface area (Å²) in [6.45, 7) is 8.23. The Bertz CT molecular complexity index is 513. The first-order chi connectivity index (χ1) is 8.29. The number of benzene rings is 1. The second kappa shape index (κ2) is 4.53. The molecule has 1 heterocycles. The van der Waals surface area contributed by atoms with Crippen LogP contribution in [0.5, 0.6) is 0 Å². The lowest BCUT2D eigenvalue weighted by molar-refractivity contribution is -0.113. The zero-order valence-corrected chi connectivity index (χ0v) is 13.3. The molecule has 98 valence electrons. The van der Waals surface area contributed by atoms with Gasteiger partial charge in [-0.25, -0.2) is 0 Å². The van der Waals surface area contributed by atoms with Crippen molar-refractivity contribution in [3.8, 4) is 0 Å². The highest BCUT2D eigenvalue weighted by molar-refractivity contribution is 9.10. The monoisotopic (exact) mass is 329 g/mol. The van der Waals surface area contributed by atoms with Crippen LogP contribution in [0.3, 0.4) is 0 Å². The highest BCUT2D eigenvalue weighted by atomic mass is 79.9. The Kier molecular flexibility index (Phi) is 3.50. The zero-order valence-electron chi connectivity index (χ0n) is 11.0. The van der Waals surface area contributed by atoms with Crippen molar-refractivity contribution in [3.63, 3.8) is 0 Å². The van der Waals surface area contributed by atoms with Crippen LogP contribution >= 0.6 is 27.5 Å². The van der Waals surface area contributed by atoms with Crippen LogP contribution in [0, 0.1) is 12.8 Å². The molecule has 2 rings (SSSR count). The van der Waals surface area contributed by atoms with E-state index < -0.39 is 0 Å². The van der Waals surface area contributed by atoms with E-state index in [9.17, 15) is 4.79 Å². The highest BCUT2D eigenvalue weighted by Gasteiger charge is 2.41. The SMILES string of the molecule is Cc1cc(Br)c(Cl)c2c1NC(C)(C)C(C=O)C2C. The van der Waals surface area contributed by atoms with E-state index in [1.54, 1.807) is 0 Å². The van der Waals surface area contributed by atoms with Gasteiger partial charge in [0.1, 0.15) is 6.29 Å². The number of fused-ring (bicyclic) bond motifs is 1. The Morgan fingerprint density at radius 1 is 1.50 bits per heavy atom. The molecule has 0 aromatic heterocycles. The predicted molar refractivity (Wildman–Crippen MR) is 79.6 cm³/mol. The summed E-state index contributed by atoms with van der Waals surface area (Å²) in [6, 6.07) is 2.01. The number of anilines is 1. The lowest BCUT2D eigenvalue weighted by Crippen LogP contribution is -2.47. The maximum Gasteiger partial charge on any atom is 0.125 e. The molecule has 0 fully saturated rings. The normalized spacial score (nSPS) is 25.2. The Labute approximate surface area is 121 Å². The first kappa shape index (κ1) is 13.9. The third kappa shape index (κ3) is 1.97. The molecule has 1 aromatic carbocycles. The van der Waals surface area contributed by atoms with E-state index in [2.05, 4.69) is 48.9 Å². The molecule has 1 aliphatic rings. The molecule has 0 saturated heterocycles. The fourth-order valence-corrected chi connectivity index (χ4v) is 3.75. The second-order valence-electron chi connectivity index (χ2n) is 5.58. The highest BCUT2D eigenvalue weighted by Crippen LogP contribution is 2.48. The molecule has 2 unspecified atom stereocenters. The molecule has 0 amide bonds. The number of aryl methyl sites for hydroxylation is 1. The number of rotatable bonds is 1. The van der Waals surface area contributed by atoms with Crippen molar-refractivity contribution < 1.29 is 4.79 Å². The number of hydrogen-bond donors (Lipinski definition) is 1. The first-order valence-corrected chi connectivity index (χ1v) is 7.18. The number of carbonyl (C=O) groups is 1. The van der Waals surface area contributed by atoms with Crippen LogP contribution in [0.2, 0.25) is 5.02 Å². The summed E-state index contributed by atoms with van der Waals surface area (Å²) in [4.78, 5) is 11.4. The van der Waals surface area contributed by atoms with Gasteiger partial charge >= 0.3 is 0 Å². The molecule has 2 atom stereocenters. The average molecular weight is 331 g/mol. The average Bonchev–Trinajstić information content (AvgIpc) is 2.25. The fraction of sp³-hybridized carbons (Fsp3) is 0.500. The van der Waals surface area contributed by atoms with E-state index in [1.165, 1.54) is 0 Å². The number of aldehydes is 1. The lowest BCUT2D eigenvalue weighted by Gasteiger charge is -2.43. The van der Waals surface area contributed by atoms with Crippen LogP contribution in [0.25, 0.3) is 0 Å². The first-order valence-electron chi connectivity index (χ1n) is 6.01. The Morgan fingerprint density at radius 3 is 2.67 bits per heavy atom. The molecule has 0 saturated carbocycles. The van der Waals surface area contributed by atoms with Gasteiger partial charge in [0.2, 0.25) is 0 Å². The third-order valence-electron chi connectivity index (χ3n) is 3.87. The Balaban J connectivity index is 2.70. The van der Waals surface area contributed by atoms with Crippen LogP contribution < -0.4 is 5.32 Å². The van der Waals surface area contributed by atoms with Crippen LogP contribution in [0.1, 0.15) is 37.8 Å². The number of carbonyl (C=O) groups excluding carboxylic acids is 1. The quantitative estimate of drug-likeness (QED) is 0.766. The molecule has 0 bridgehead atoms. The Hall–Kier alpha value is -0.540. The van der Waals surface area contributed by atoms with Gasteiger partial charge in [-0.05, 0) is 59.8 Å². The van der Waals surface area contributed by atoms with Gasteiger partial charge < -0.3 is 10.1 Å². The van der Waals surface area contributed by atoms with Gasteiger partial charge in [0.15, 0.2) is 0 Å². The summed E-state index contributed by atoms with van der Waals surface area (Å²) >= 11 is 9.87. The van der Waals surface area contributed by atoms with E-state index in [-0.39, 0.29) is 17.4 Å². The molecular weight excluding hydrogens is 314 g/mol. The number of halogens is 2. The third-order valence-corrected chi connectivity index (χ3v) is 5.14. The lowest BCUT2D eigenvalue weighted by atomic mass is 9.72. The summed E-state index contributed by atoms with van der Waals surface area (Å²) < 4.78 is 0.887. The number of nitrogens with one attached hydrogen (secondary N) is 1. The molecule has 1 N–H and O–H groups in total. The van der Waals surface area contributed by atoms with Gasteiger partial charge in [-0.2, -0.15) is 0 Å². The van der Waals surface area contributed by atoms with Crippen molar-refractivity contribution in [1.82, 2.24) is 0 Å². The van der Waals surface area contributed by atoms with Gasteiger partial charge in [0.25, 0.3) is 0 Å². The van der Waals surface area contributed by atoms with Crippen LogP contribution in [0.15, 0.2) is 10.5 Å². The van der Waals surface area contributed by atoms with E-state index in [0.29, 0.717) is 5.02 Å². The molecule has 4 heteroatoms. The van der Waals surface area contributed by atoms with Gasteiger partial charge in [-0.15, -0.1) is 0 Å². The summed E-state index contributed by atoms with van der Waals surface area (Å²) in [5.74, 6) is 0.0219. The molecule has 0 radical (unpaired) electrons. The molecule has 18 heavy (non-hydrogen) atoms. The molecule has 0 spiro atoms. The summed E-state index contributed by atoms with van der Waals surface area (Å²) in [6.07, 6.45) is 1.03. The fourth-order valence-electron chi connectivity index (χ4n) is 2.87. The maximum atomic E-state index is 11.4. The van der Waals surface area contributed by atoms with Crippen molar-refractivity contribution in [1.29, 1.82) is 0 Å². The minimum atomic E-state index is -0.254. The molecule has 2 nitrogen and oxygen atoms in total. The van der Waals surface area contributed by atoms with Crippen molar-refractivity contribution in [2.45, 2.75) is 39.2 Å². The standard InChI is InChI=1S/C14H17BrClNO/c1-7-5-10(15)12(16)11-8(2)9(6-18)14(3,4)17-13(7)11/h5-6,8-9,17H,1-4H3. The summed E-state index contributed by atoms with van der Waals surface area (Å²) in [7, 11) is 0. The minimum absolute atomic E-state index is 0.0869. The molecule has 1 aromatic rings. The van der Waals surface area contributed by atoms with E-state index in [0.717, 1.165) is 27.6 Å². The topological polar surface area (TPSA) is 29.1 Å². The maximum absolute atomic E-state index is 11.4. The van der Waals surface area contributed by atoms with Crippen molar-refractivity contribution in [2.75, 3.05) is 5.32 Å². The Morgan fingerprint density at radius 2 is 2.11 bits per heavy atom. The summed E-state index contributed by atoms with van der Waals surface area (Å²) in [5.41, 5.74) is 3.00. The smallest absolute Gasteiger partial charge is 0.125 e. The van der Waals surface area contributed by atoms with Crippen molar-refractivity contribution in [2.24, 2.45) is 5.92 Å². The minimum Gasteiger partial charge on any atom is -0.379 e. The summed E-state index contributed by atoms with van der Waals surface area (Å²) in [5, 5.41) is 4.17. The van der Waals surface area contributed by atoms with E-state index in [1.807, 2.05) is 6.07 Å². The zero-order chi connectivity index (χ0) is 13.7. The van der Waals surface area contributed by atoms with Gasteiger partial charge in [0, 0.05) is 21.6 Å². The van der Waals surface area contributed by atoms with Crippen LogP contribution in [-0.4, -0.2) is 11.8 Å². The van der Waals surface area contributed by atoms with Crippen molar-refractivity contribution >= 4 is 39.5 Å². The van der Waals surface area contributed by atoms with Gasteiger partial charge in [-0.1, -0.05) is 18.5 Å². The van der Waals surface area contributed by atoms with E-state index in [4.69, 9.17) is 11.6 Å². The van der Waals surface area contributed by atoms with E-state index >= 15 is 0 Å². The number of hydrogen-bond acceptors (Lipinski definition) is 2.